The molecule has 9 heteroatoms. The van der Waals surface area contributed by atoms with Gasteiger partial charge in [-0.25, -0.2) is 0 Å². The number of nitrogens with zero attached hydrogens (tertiary/aromatic N) is 1. The van der Waals surface area contributed by atoms with Gasteiger partial charge in [-0.2, -0.15) is 0 Å². The number of allylic oxidation sites excluding steroid dienone is 6. The minimum absolute atomic E-state index is 0.00472. The molecular formula is C32H28BrNO7. The van der Waals surface area contributed by atoms with Crippen LogP contribution >= 0.6 is 15.9 Å². The molecule has 4 aliphatic rings. The van der Waals surface area contributed by atoms with E-state index in [0.29, 0.717) is 42.4 Å². The van der Waals surface area contributed by atoms with Crippen LogP contribution in [0.2, 0.25) is 0 Å². The number of rotatable bonds is 7. The Labute approximate surface area is 244 Å². The summed E-state index contributed by atoms with van der Waals surface area (Å²) >= 11 is 3.24. The number of imide groups is 1. The Morgan fingerprint density at radius 2 is 1.76 bits per heavy atom. The van der Waals surface area contributed by atoms with E-state index in [1.54, 1.807) is 12.1 Å². The number of benzene rings is 2. The second kappa shape index (κ2) is 10.5. The molecule has 4 unspecified atom stereocenters. The average Bonchev–Trinajstić information content (AvgIpc) is 3.19. The third kappa shape index (κ3) is 4.47. The molecule has 0 spiro atoms. The van der Waals surface area contributed by atoms with Gasteiger partial charge < -0.3 is 10.2 Å². The SMILES string of the molecule is O=C(O)CCCCCN1C(=O)C2CC=C3C(c4c(O)ccc5ccccc45)C4=C(CC3C2C1=O)C(=O)C(Br)=CC4=O. The van der Waals surface area contributed by atoms with Crippen LogP contribution in [0, 0.1) is 17.8 Å². The first-order valence-corrected chi connectivity index (χ1v) is 14.6. The second-order valence-corrected chi connectivity index (χ2v) is 12.0. The first kappa shape index (κ1) is 27.3. The number of ketones is 2. The highest BCUT2D eigenvalue weighted by molar-refractivity contribution is 9.12. The monoisotopic (exact) mass is 617 g/mol. The van der Waals surface area contributed by atoms with Crippen molar-refractivity contribution in [3.05, 3.63) is 75.3 Å². The molecule has 3 aliphatic carbocycles. The minimum atomic E-state index is -0.877. The van der Waals surface area contributed by atoms with Crippen molar-refractivity contribution in [3.8, 4) is 5.75 Å². The second-order valence-electron chi connectivity index (χ2n) is 11.1. The molecular weight excluding hydrogens is 590 g/mol. The Bertz CT molecular complexity index is 1630. The van der Waals surface area contributed by atoms with Crippen molar-refractivity contribution in [2.24, 2.45) is 17.8 Å². The topological polar surface area (TPSA) is 129 Å². The summed E-state index contributed by atoms with van der Waals surface area (Å²) in [4.78, 5) is 66.3. The highest BCUT2D eigenvalue weighted by Crippen LogP contribution is 2.57. The van der Waals surface area contributed by atoms with Gasteiger partial charge >= 0.3 is 5.97 Å². The number of fused-ring (bicyclic) bond motifs is 4. The first-order chi connectivity index (χ1) is 19.7. The predicted molar refractivity (Wildman–Crippen MR) is 153 cm³/mol. The summed E-state index contributed by atoms with van der Waals surface area (Å²) in [6, 6.07) is 10.9. The summed E-state index contributed by atoms with van der Waals surface area (Å²) in [6.07, 6.45) is 5.31. The predicted octanol–water partition coefficient (Wildman–Crippen LogP) is 4.95. The number of halogens is 1. The molecule has 1 fully saturated rings. The van der Waals surface area contributed by atoms with Crippen LogP contribution < -0.4 is 0 Å². The van der Waals surface area contributed by atoms with Crippen LogP contribution in [0.25, 0.3) is 10.8 Å². The van der Waals surface area contributed by atoms with Crippen molar-refractivity contribution in [3.63, 3.8) is 0 Å². The zero-order chi connectivity index (χ0) is 29.0. The fraction of sp³-hybridized carbons (Fsp3) is 0.344. The molecule has 0 radical (unpaired) electrons. The van der Waals surface area contributed by atoms with Crippen LogP contribution in [0.3, 0.4) is 0 Å². The van der Waals surface area contributed by atoms with E-state index in [0.717, 1.165) is 16.3 Å². The Kier molecular flexibility index (Phi) is 7.01. The lowest BCUT2D eigenvalue weighted by atomic mass is 9.59. The summed E-state index contributed by atoms with van der Waals surface area (Å²) in [6.45, 7) is 0.222. The van der Waals surface area contributed by atoms with Gasteiger partial charge in [0.15, 0.2) is 11.6 Å². The number of carboxylic acids is 1. The lowest BCUT2D eigenvalue weighted by Gasteiger charge is -2.42. The number of phenolic OH excluding ortho intramolecular Hbond substituents is 1. The number of carbonyl (C=O) groups excluding carboxylic acids is 4. The van der Waals surface area contributed by atoms with Gasteiger partial charge in [-0.1, -0.05) is 48.4 Å². The van der Waals surface area contributed by atoms with Gasteiger partial charge in [0.25, 0.3) is 0 Å². The molecule has 8 nitrogen and oxygen atoms in total. The number of phenols is 1. The van der Waals surface area contributed by atoms with Gasteiger partial charge in [0.2, 0.25) is 11.8 Å². The minimum Gasteiger partial charge on any atom is -0.508 e. The molecule has 2 aromatic carbocycles. The van der Waals surface area contributed by atoms with Crippen LogP contribution in [0.4, 0.5) is 0 Å². The van der Waals surface area contributed by atoms with Crippen LogP contribution in [0.5, 0.6) is 5.75 Å². The number of carboxylic acid groups (broad SMARTS) is 1. The summed E-state index contributed by atoms with van der Waals surface area (Å²) in [5, 5.41) is 21.7. The molecule has 0 aromatic heterocycles. The van der Waals surface area contributed by atoms with E-state index in [1.807, 2.05) is 30.3 Å². The molecule has 41 heavy (non-hydrogen) atoms. The zero-order valence-corrected chi connectivity index (χ0v) is 23.7. The number of likely N-dealkylation sites (tertiary alicyclic amines) is 1. The maximum atomic E-state index is 13.8. The van der Waals surface area contributed by atoms with Crippen molar-refractivity contribution >= 4 is 56.1 Å². The zero-order valence-electron chi connectivity index (χ0n) is 22.1. The van der Waals surface area contributed by atoms with Gasteiger partial charge in [0.05, 0.1) is 16.3 Å². The van der Waals surface area contributed by atoms with E-state index >= 15 is 0 Å². The molecule has 4 atom stereocenters. The van der Waals surface area contributed by atoms with Crippen molar-refractivity contribution < 1.29 is 34.2 Å². The third-order valence-corrected chi connectivity index (χ3v) is 9.52. The number of Topliss-reactive ketones (excluding diaryl/α,β-unsaturated/α-hetero) is 1. The van der Waals surface area contributed by atoms with Gasteiger partial charge in [-0.3, -0.25) is 28.9 Å². The maximum absolute atomic E-state index is 13.8. The number of hydrogen-bond donors (Lipinski definition) is 2. The van der Waals surface area contributed by atoms with E-state index in [1.165, 1.54) is 11.0 Å². The van der Waals surface area contributed by atoms with E-state index < -0.39 is 29.6 Å². The molecule has 1 heterocycles. The Hall–Kier alpha value is -3.85. The summed E-state index contributed by atoms with van der Waals surface area (Å²) in [5.74, 6) is -4.52. The summed E-state index contributed by atoms with van der Waals surface area (Å²) < 4.78 is 0.152. The molecule has 210 valence electrons. The van der Waals surface area contributed by atoms with Crippen LogP contribution in [0.15, 0.2) is 69.8 Å². The average molecular weight is 618 g/mol. The quantitative estimate of drug-likeness (QED) is 0.194. The molecule has 2 amide bonds. The molecule has 2 aromatic rings. The molecule has 2 N–H and O–H groups in total. The molecule has 0 bridgehead atoms. The normalized spacial score (nSPS) is 25.6. The number of carbonyl (C=O) groups is 5. The van der Waals surface area contributed by atoms with E-state index in [4.69, 9.17) is 5.11 Å². The van der Waals surface area contributed by atoms with Crippen molar-refractivity contribution in [2.45, 2.75) is 44.4 Å². The molecule has 1 saturated heterocycles. The highest BCUT2D eigenvalue weighted by atomic mass is 79.9. The fourth-order valence-electron chi connectivity index (χ4n) is 7.13. The van der Waals surface area contributed by atoms with Crippen LogP contribution in [-0.2, 0) is 24.0 Å². The van der Waals surface area contributed by atoms with Crippen molar-refractivity contribution in [2.75, 3.05) is 6.54 Å². The summed E-state index contributed by atoms with van der Waals surface area (Å²) in [7, 11) is 0. The van der Waals surface area contributed by atoms with Gasteiger partial charge in [0.1, 0.15) is 5.75 Å². The Morgan fingerprint density at radius 3 is 2.54 bits per heavy atom. The fourth-order valence-corrected chi connectivity index (χ4v) is 7.58. The number of aliphatic carboxylic acids is 1. The Balaban J connectivity index is 1.42. The number of hydrogen-bond acceptors (Lipinski definition) is 6. The lowest BCUT2D eigenvalue weighted by Crippen LogP contribution is -2.39. The van der Waals surface area contributed by atoms with E-state index in [9.17, 15) is 29.1 Å². The number of amides is 2. The molecule has 0 saturated carbocycles. The van der Waals surface area contributed by atoms with E-state index in [2.05, 4.69) is 15.9 Å². The van der Waals surface area contributed by atoms with Gasteiger partial charge in [0, 0.05) is 41.7 Å². The Morgan fingerprint density at radius 1 is 0.976 bits per heavy atom. The summed E-state index contributed by atoms with van der Waals surface area (Å²) in [5.41, 5.74) is 1.94. The largest absolute Gasteiger partial charge is 0.508 e. The van der Waals surface area contributed by atoms with Crippen molar-refractivity contribution in [1.82, 2.24) is 4.90 Å². The van der Waals surface area contributed by atoms with Crippen molar-refractivity contribution in [1.29, 1.82) is 0 Å². The van der Waals surface area contributed by atoms with E-state index in [-0.39, 0.29) is 53.0 Å². The smallest absolute Gasteiger partial charge is 0.303 e. The highest BCUT2D eigenvalue weighted by Gasteiger charge is 2.56. The van der Waals surface area contributed by atoms with Gasteiger partial charge in [-0.15, -0.1) is 0 Å². The third-order valence-electron chi connectivity index (χ3n) is 8.93. The lowest BCUT2D eigenvalue weighted by molar-refractivity contribution is -0.141. The van der Waals surface area contributed by atoms with Crippen LogP contribution in [-0.4, -0.2) is 51.0 Å². The molecule has 6 rings (SSSR count). The first-order valence-electron chi connectivity index (χ1n) is 13.9. The number of aromatic hydroxyl groups is 1. The van der Waals surface area contributed by atoms with Crippen LogP contribution in [0.1, 0.15) is 50.0 Å². The number of unbranched alkanes of at least 4 members (excludes halogenated alkanes) is 2. The standard InChI is InChI=1S/C32H28BrNO7/c33-22-15-24(36)28-21(30(22)39)14-20-18(29(28)27-17-7-4-3-6-16(17)9-12-23(27)35)10-11-19-26(20)32(41)34(31(19)40)13-5-1-2-8-25(37)38/h3-4,6-7,9-10,12,15,19-20,26,29,35H,1-2,5,8,11,13-14H2,(H,37,38). The maximum Gasteiger partial charge on any atom is 0.303 e. The molecule has 1 aliphatic heterocycles. The van der Waals surface area contributed by atoms with Gasteiger partial charge in [-0.05, 0) is 64.4 Å².